The van der Waals surface area contributed by atoms with E-state index >= 15 is 0 Å². The van der Waals surface area contributed by atoms with Crippen molar-refractivity contribution < 1.29 is 9.84 Å². The predicted octanol–water partition coefficient (Wildman–Crippen LogP) is 4.31. The second kappa shape index (κ2) is 9.94. The number of aliphatic hydroxyl groups excluding tert-OH is 1. The average molecular weight is 322 g/mol. The summed E-state index contributed by atoms with van der Waals surface area (Å²) in [4.78, 5) is 0. The Kier molecular flexibility index (Phi) is 8.64. The van der Waals surface area contributed by atoms with Gasteiger partial charge in [-0.1, -0.05) is 39.3 Å². The second-order valence-electron chi connectivity index (χ2n) is 7.27. The van der Waals surface area contributed by atoms with Gasteiger partial charge in [-0.15, -0.1) is 0 Å². The van der Waals surface area contributed by atoms with Crippen molar-refractivity contribution >= 4 is 0 Å². The van der Waals surface area contributed by atoms with Crippen LogP contribution in [0.15, 0.2) is 24.3 Å². The second-order valence-corrected chi connectivity index (χ2v) is 7.27. The van der Waals surface area contributed by atoms with E-state index in [2.05, 4.69) is 32.9 Å². The zero-order valence-corrected chi connectivity index (χ0v) is 15.3. The lowest BCUT2D eigenvalue weighted by atomic mass is 9.90. The molecule has 2 atom stereocenters. The quantitative estimate of drug-likeness (QED) is 0.638. The predicted molar refractivity (Wildman–Crippen MR) is 97.8 cm³/mol. The molecule has 0 saturated carbocycles. The van der Waals surface area contributed by atoms with Crippen LogP contribution in [0.4, 0.5) is 0 Å². The summed E-state index contributed by atoms with van der Waals surface area (Å²) in [7, 11) is 0. The molecule has 0 bridgehead atoms. The molecule has 0 aliphatic rings. The van der Waals surface area contributed by atoms with Crippen LogP contribution in [-0.4, -0.2) is 23.4 Å². The van der Waals surface area contributed by atoms with Crippen molar-refractivity contribution in [2.45, 2.75) is 77.9 Å². The first-order valence-electron chi connectivity index (χ1n) is 9.04. The Morgan fingerprint density at radius 1 is 1.13 bits per heavy atom. The van der Waals surface area contributed by atoms with Gasteiger partial charge in [0.05, 0.1) is 12.7 Å². The Labute approximate surface area is 142 Å². The van der Waals surface area contributed by atoms with Gasteiger partial charge in [0, 0.05) is 5.54 Å². The molecule has 3 heteroatoms. The van der Waals surface area contributed by atoms with Crippen LogP contribution in [0.5, 0.6) is 5.75 Å². The molecule has 0 amide bonds. The van der Waals surface area contributed by atoms with Gasteiger partial charge in [0.1, 0.15) is 5.75 Å². The van der Waals surface area contributed by atoms with Crippen LogP contribution >= 0.6 is 0 Å². The number of hydrogen-bond donors (Lipinski definition) is 2. The fourth-order valence-electron chi connectivity index (χ4n) is 2.60. The fraction of sp³-hybridized carbons (Fsp3) is 0.700. The lowest BCUT2D eigenvalue weighted by molar-refractivity contribution is 0.183. The van der Waals surface area contributed by atoms with Gasteiger partial charge < -0.3 is 15.6 Å². The molecule has 3 N–H and O–H groups in total. The zero-order valence-electron chi connectivity index (χ0n) is 15.3. The number of benzene rings is 1. The van der Waals surface area contributed by atoms with Crippen molar-refractivity contribution in [3.05, 3.63) is 29.8 Å². The first kappa shape index (κ1) is 20.0. The Morgan fingerprint density at radius 3 is 2.30 bits per heavy atom. The van der Waals surface area contributed by atoms with Crippen molar-refractivity contribution in [2.75, 3.05) is 6.61 Å². The number of rotatable bonds is 11. The molecule has 0 aromatic heterocycles. The van der Waals surface area contributed by atoms with E-state index in [9.17, 15) is 5.11 Å². The third kappa shape index (κ3) is 7.85. The van der Waals surface area contributed by atoms with Crippen LogP contribution in [0.1, 0.15) is 65.4 Å². The van der Waals surface area contributed by atoms with Crippen molar-refractivity contribution in [3.63, 3.8) is 0 Å². The summed E-state index contributed by atoms with van der Waals surface area (Å²) in [5.41, 5.74) is 6.91. The maximum atomic E-state index is 9.37. The molecule has 0 aliphatic carbocycles. The van der Waals surface area contributed by atoms with Crippen LogP contribution in [0.25, 0.3) is 0 Å². The lowest BCUT2D eigenvalue weighted by Crippen LogP contribution is -2.43. The third-order valence-electron chi connectivity index (χ3n) is 4.58. The van der Waals surface area contributed by atoms with Crippen LogP contribution in [0.3, 0.4) is 0 Å². The summed E-state index contributed by atoms with van der Waals surface area (Å²) < 4.78 is 5.97. The fourth-order valence-corrected chi connectivity index (χ4v) is 2.60. The Morgan fingerprint density at radius 2 is 1.78 bits per heavy atom. The highest BCUT2D eigenvalue weighted by atomic mass is 16.5. The third-order valence-corrected chi connectivity index (χ3v) is 4.58. The molecule has 0 heterocycles. The molecule has 1 rings (SSSR count). The van der Waals surface area contributed by atoms with Gasteiger partial charge in [0.25, 0.3) is 0 Å². The molecule has 0 saturated heterocycles. The number of aryl methyl sites for hydroxylation is 1. The standard InChI is InChI=1S/C20H35NO2/c1-5-20(21,15-22)14-13-18-9-11-19(12-10-18)23-17(4)8-6-7-16(2)3/h9-12,16-17,22H,5-8,13-15,21H2,1-4H3. The topological polar surface area (TPSA) is 55.5 Å². The highest BCUT2D eigenvalue weighted by Gasteiger charge is 2.20. The summed E-state index contributed by atoms with van der Waals surface area (Å²) >= 11 is 0. The van der Waals surface area contributed by atoms with Gasteiger partial charge >= 0.3 is 0 Å². The molecule has 132 valence electrons. The Balaban J connectivity index is 2.41. The molecule has 1 aromatic rings. The summed E-state index contributed by atoms with van der Waals surface area (Å²) in [6.45, 7) is 8.72. The van der Waals surface area contributed by atoms with Crippen LogP contribution < -0.4 is 10.5 Å². The highest BCUT2D eigenvalue weighted by Crippen LogP contribution is 2.20. The largest absolute Gasteiger partial charge is 0.491 e. The first-order valence-corrected chi connectivity index (χ1v) is 9.04. The molecule has 0 spiro atoms. The molecule has 2 unspecified atom stereocenters. The smallest absolute Gasteiger partial charge is 0.119 e. The van der Waals surface area contributed by atoms with Gasteiger partial charge in [0.2, 0.25) is 0 Å². The highest BCUT2D eigenvalue weighted by molar-refractivity contribution is 5.27. The van der Waals surface area contributed by atoms with E-state index in [0.717, 1.165) is 37.4 Å². The van der Waals surface area contributed by atoms with E-state index in [0.29, 0.717) is 0 Å². The van der Waals surface area contributed by atoms with Gasteiger partial charge in [-0.3, -0.25) is 0 Å². The molecule has 23 heavy (non-hydrogen) atoms. The maximum Gasteiger partial charge on any atom is 0.119 e. The minimum atomic E-state index is -0.458. The summed E-state index contributed by atoms with van der Waals surface area (Å²) in [5, 5.41) is 9.37. The lowest BCUT2D eigenvalue weighted by Gasteiger charge is -2.25. The van der Waals surface area contributed by atoms with Crippen molar-refractivity contribution in [3.8, 4) is 5.75 Å². The van der Waals surface area contributed by atoms with E-state index in [1.54, 1.807) is 0 Å². The monoisotopic (exact) mass is 321 g/mol. The van der Waals surface area contributed by atoms with Gasteiger partial charge in [-0.25, -0.2) is 0 Å². The van der Waals surface area contributed by atoms with Gasteiger partial charge in [-0.2, -0.15) is 0 Å². The van der Waals surface area contributed by atoms with Crippen molar-refractivity contribution in [1.29, 1.82) is 0 Å². The van der Waals surface area contributed by atoms with Crippen LogP contribution in [0, 0.1) is 5.92 Å². The normalized spacial score (nSPS) is 15.4. The summed E-state index contributed by atoms with van der Waals surface area (Å²) in [5.74, 6) is 1.70. The van der Waals surface area contributed by atoms with E-state index in [4.69, 9.17) is 10.5 Å². The number of hydrogen-bond acceptors (Lipinski definition) is 3. The van der Waals surface area contributed by atoms with E-state index < -0.39 is 5.54 Å². The minimum absolute atomic E-state index is 0.0403. The van der Waals surface area contributed by atoms with Crippen molar-refractivity contribution in [1.82, 2.24) is 0 Å². The number of nitrogens with two attached hydrogens (primary N) is 1. The molecular weight excluding hydrogens is 286 g/mol. The molecule has 1 aromatic carbocycles. The van der Waals surface area contributed by atoms with E-state index in [1.165, 1.54) is 18.4 Å². The summed E-state index contributed by atoms with van der Waals surface area (Å²) in [6.07, 6.45) is 6.30. The maximum absolute atomic E-state index is 9.37. The van der Waals surface area contributed by atoms with E-state index in [-0.39, 0.29) is 12.7 Å². The van der Waals surface area contributed by atoms with Crippen molar-refractivity contribution in [2.24, 2.45) is 11.7 Å². The van der Waals surface area contributed by atoms with Gasteiger partial charge in [0.15, 0.2) is 0 Å². The zero-order chi connectivity index (χ0) is 17.3. The molecule has 3 nitrogen and oxygen atoms in total. The SMILES string of the molecule is CCC(N)(CO)CCc1ccc(OC(C)CCCC(C)C)cc1. The minimum Gasteiger partial charge on any atom is -0.491 e. The van der Waals surface area contributed by atoms with Crippen LogP contribution in [0.2, 0.25) is 0 Å². The Hall–Kier alpha value is -1.06. The molecule has 0 aliphatic heterocycles. The Bertz CT molecular complexity index is 424. The number of ether oxygens (including phenoxy) is 1. The molecule has 0 radical (unpaired) electrons. The van der Waals surface area contributed by atoms with Crippen LogP contribution in [-0.2, 0) is 6.42 Å². The molecular formula is C20H35NO2. The summed E-state index contributed by atoms with van der Waals surface area (Å²) in [6, 6.07) is 8.28. The average Bonchev–Trinajstić information content (AvgIpc) is 2.53. The van der Waals surface area contributed by atoms with E-state index in [1.807, 2.05) is 19.1 Å². The number of aliphatic hydroxyl groups is 1. The van der Waals surface area contributed by atoms with Gasteiger partial charge in [-0.05, 0) is 62.6 Å². The molecule has 0 fully saturated rings. The first-order chi connectivity index (χ1) is 10.9.